The highest BCUT2D eigenvalue weighted by atomic mass is 35.5. The van der Waals surface area contributed by atoms with Crippen molar-refractivity contribution in [2.45, 2.75) is 31.2 Å². The smallest absolute Gasteiger partial charge is 0.322 e. The molecule has 0 saturated heterocycles. The van der Waals surface area contributed by atoms with Crippen LogP contribution >= 0.6 is 11.6 Å². The van der Waals surface area contributed by atoms with Crippen LogP contribution in [0.15, 0.2) is 36.4 Å². The minimum atomic E-state index is -4.49. The van der Waals surface area contributed by atoms with E-state index < -0.39 is 32.9 Å². The van der Waals surface area contributed by atoms with Crippen LogP contribution in [0.1, 0.15) is 34.3 Å². The number of alkyl halides is 3. The number of carbonyl (C=O) groups excluding carboxylic acids is 1. The molecule has 0 aliphatic heterocycles. The highest BCUT2D eigenvalue weighted by Crippen LogP contribution is 2.33. The average molecular weight is 433 g/mol. The Hall–Kier alpha value is -2.26. The highest BCUT2D eigenvalue weighted by molar-refractivity contribution is 7.93. The Morgan fingerprint density at radius 2 is 1.75 bits per heavy atom. The van der Waals surface area contributed by atoms with E-state index in [0.29, 0.717) is 12.8 Å². The number of aryl methyl sites for hydroxylation is 1. The zero-order chi connectivity index (χ0) is 20.7. The lowest BCUT2D eigenvalue weighted by molar-refractivity contribution is -0.137. The second-order valence-corrected chi connectivity index (χ2v) is 8.92. The van der Waals surface area contributed by atoms with Crippen LogP contribution in [0.4, 0.5) is 24.5 Å². The SMILES string of the molecule is Cc1cc(C(F)(F)F)ccc1NC(=O)c1cc(Cl)ccc1NS(=O)(=O)C1CC1. The number of rotatable bonds is 5. The molecule has 28 heavy (non-hydrogen) atoms. The van der Waals surface area contributed by atoms with Crippen LogP contribution in [-0.4, -0.2) is 19.6 Å². The second kappa shape index (κ2) is 7.29. The van der Waals surface area contributed by atoms with Crippen molar-refractivity contribution in [2.24, 2.45) is 0 Å². The van der Waals surface area contributed by atoms with Crippen LogP contribution in [-0.2, 0) is 16.2 Å². The average Bonchev–Trinajstić information content (AvgIpc) is 3.42. The van der Waals surface area contributed by atoms with Gasteiger partial charge in [0.15, 0.2) is 0 Å². The first-order valence-electron chi connectivity index (χ1n) is 8.28. The number of hydrogen-bond donors (Lipinski definition) is 2. The summed E-state index contributed by atoms with van der Waals surface area (Å²) in [7, 11) is -3.61. The summed E-state index contributed by atoms with van der Waals surface area (Å²) in [6, 6.07) is 7.03. The second-order valence-electron chi connectivity index (χ2n) is 6.52. The molecule has 10 heteroatoms. The van der Waals surface area contributed by atoms with Crippen LogP contribution < -0.4 is 10.0 Å². The molecule has 0 unspecified atom stereocenters. The van der Waals surface area contributed by atoms with Gasteiger partial charge in [0.2, 0.25) is 10.0 Å². The van der Waals surface area contributed by atoms with Gasteiger partial charge in [0.25, 0.3) is 5.91 Å². The molecular weight excluding hydrogens is 417 g/mol. The molecule has 2 aromatic rings. The molecule has 0 aromatic heterocycles. The van der Waals surface area contributed by atoms with Crippen molar-refractivity contribution in [3.63, 3.8) is 0 Å². The Morgan fingerprint density at radius 3 is 2.32 bits per heavy atom. The molecule has 0 atom stereocenters. The van der Waals surface area contributed by atoms with Crippen molar-refractivity contribution in [2.75, 3.05) is 10.0 Å². The molecule has 1 saturated carbocycles. The standard InChI is InChI=1S/C18H16ClF3N2O3S/c1-10-8-11(18(20,21)22)2-6-15(10)23-17(25)14-9-12(19)3-7-16(14)24-28(26,27)13-4-5-13/h2-3,6-9,13,24H,4-5H2,1H3,(H,23,25). The molecule has 0 bridgehead atoms. The minimum absolute atomic E-state index is 0.0315. The van der Waals surface area contributed by atoms with E-state index in [1.165, 1.54) is 25.1 Å². The van der Waals surface area contributed by atoms with E-state index in [-0.39, 0.29) is 27.5 Å². The summed E-state index contributed by atoms with van der Waals surface area (Å²) in [6.45, 7) is 1.43. The molecule has 2 N–H and O–H groups in total. The highest BCUT2D eigenvalue weighted by Gasteiger charge is 2.36. The quantitative estimate of drug-likeness (QED) is 0.711. The summed E-state index contributed by atoms with van der Waals surface area (Å²) in [5.41, 5.74) is -0.419. The molecule has 0 spiro atoms. The summed E-state index contributed by atoms with van der Waals surface area (Å²) < 4.78 is 65.1. The van der Waals surface area contributed by atoms with Crippen molar-refractivity contribution >= 4 is 38.9 Å². The lowest BCUT2D eigenvalue weighted by Crippen LogP contribution is -2.21. The topological polar surface area (TPSA) is 75.3 Å². The number of hydrogen-bond acceptors (Lipinski definition) is 3. The zero-order valence-corrected chi connectivity index (χ0v) is 16.2. The lowest BCUT2D eigenvalue weighted by Gasteiger charge is -2.15. The maximum atomic E-state index is 12.8. The van der Waals surface area contributed by atoms with Crippen LogP contribution in [0.5, 0.6) is 0 Å². The van der Waals surface area contributed by atoms with Crippen molar-refractivity contribution in [3.05, 3.63) is 58.1 Å². The van der Waals surface area contributed by atoms with E-state index in [1.54, 1.807) is 0 Å². The first-order valence-corrected chi connectivity index (χ1v) is 10.2. The third-order valence-electron chi connectivity index (χ3n) is 4.24. The van der Waals surface area contributed by atoms with Crippen LogP contribution in [0.25, 0.3) is 0 Å². The van der Waals surface area contributed by atoms with E-state index in [0.717, 1.165) is 18.2 Å². The molecule has 1 aliphatic rings. The largest absolute Gasteiger partial charge is 0.416 e. The maximum Gasteiger partial charge on any atom is 0.416 e. The van der Waals surface area contributed by atoms with Gasteiger partial charge in [-0.3, -0.25) is 9.52 Å². The molecule has 2 aromatic carbocycles. The van der Waals surface area contributed by atoms with Gasteiger partial charge in [0.1, 0.15) is 0 Å². The Kier molecular flexibility index (Phi) is 5.33. The van der Waals surface area contributed by atoms with Gasteiger partial charge in [-0.2, -0.15) is 13.2 Å². The third-order valence-corrected chi connectivity index (χ3v) is 6.33. The van der Waals surface area contributed by atoms with Crippen molar-refractivity contribution in [1.29, 1.82) is 0 Å². The van der Waals surface area contributed by atoms with Crippen molar-refractivity contribution < 1.29 is 26.4 Å². The predicted molar refractivity (Wildman–Crippen MR) is 101 cm³/mol. The normalized spacial score (nSPS) is 14.6. The number of halogens is 4. The Labute approximate surface area is 164 Å². The fourth-order valence-electron chi connectivity index (χ4n) is 2.58. The fraction of sp³-hybridized carbons (Fsp3) is 0.278. The van der Waals surface area contributed by atoms with Gasteiger partial charge in [0, 0.05) is 10.7 Å². The molecule has 5 nitrogen and oxygen atoms in total. The van der Waals surface area contributed by atoms with Crippen LogP contribution in [0.2, 0.25) is 5.02 Å². The number of sulfonamides is 1. The lowest BCUT2D eigenvalue weighted by atomic mass is 10.1. The Bertz CT molecular complexity index is 1030. The van der Waals surface area contributed by atoms with E-state index in [9.17, 15) is 26.4 Å². The summed E-state index contributed by atoms with van der Waals surface area (Å²) in [5, 5.41) is 2.23. The molecule has 1 amide bonds. The van der Waals surface area contributed by atoms with Gasteiger partial charge in [-0.25, -0.2) is 8.42 Å². The maximum absolute atomic E-state index is 12.8. The molecule has 0 radical (unpaired) electrons. The monoisotopic (exact) mass is 432 g/mol. The van der Waals surface area contributed by atoms with Crippen molar-refractivity contribution in [1.82, 2.24) is 0 Å². The van der Waals surface area contributed by atoms with Gasteiger partial charge in [-0.15, -0.1) is 0 Å². The number of nitrogens with one attached hydrogen (secondary N) is 2. The van der Waals surface area contributed by atoms with Gasteiger partial charge in [-0.1, -0.05) is 11.6 Å². The summed E-state index contributed by atoms with van der Waals surface area (Å²) in [5.74, 6) is -0.696. The van der Waals surface area contributed by atoms with Gasteiger partial charge >= 0.3 is 6.18 Å². The van der Waals surface area contributed by atoms with E-state index in [1.807, 2.05) is 0 Å². The van der Waals surface area contributed by atoms with E-state index in [4.69, 9.17) is 11.6 Å². The fourth-order valence-corrected chi connectivity index (χ4v) is 4.16. The number of carbonyl (C=O) groups is 1. The molecule has 1 fully saturated rings. The zero-order valence-electron chi connectivity index (χ0n) is 14.6. The van der Waals surface area contributed by atoms with Crippen LogP contribution in [0.3, 0.4) is 0 Å². The van der Waals surface area contributed by atoms with Crippen molar-refractivity contribution in [3.8, 4) is 0 Å². The van der Waals surface area contributed by atoms with Gasteiger partial charge in [0.05, 0.1) is 22.1 Å². The molecule has 3 rings (SSSR count). The minimum Gasteiger partial charge on any atom is -0.322 e. The Morgan fingerprint density at radius 1 is 1.11 bits per heavy atom. The molecule has 1 aliphatic carbocycles. The van der Waals surface area contributed by atoms with Gasteiger partial charge in [-0.05, 0) is 61.7 Å². The molecular formula is C18H16ClF3N2O3S. The summed E-state index contributed by atoms with van der Waals surface area (Å²) in [4.78, 5) is 12.7. The summed E-state index contributed by atoms with van der Waals surface area (Å²) >= 11 is 5.93. The third kappa shape index (κ3) is 4.59. The first-order chi connectivity index (χ1) is 13.0. The number of anilines is 2. The molecule has 0 heterocycles. The predicted octanol–water partition coefficient (Wildman–Crippen LogP) is 4.82. The number of amides is 1. The Balaban J connectivity index is 1.87. The van der Waals surface area contributed by atoms with E-state index in [2.05, 4.69) is 10.0 Å². The number of benzene rings is 2. The van der Waals surface area contributed by atoms with Gasteiger partial charge < -0.3 is 5.32 Å². The first kappa shape index (κ1) is 20.5. The summed E-state index contributed by atoms with van der Waals surface area (Å²) in [6.07, 6.45) is -3.39. The van der Waals surface area contributed by atoms with Crippen LogP contribution in [0, 0.1) is 6.92 Å². The van der Waals surface area contributed by atoms with E-state index >= 15 is 0 Å². The molecule has 150 valence electrons.